The highest BCUT2D eigenvalue weighted by Gasteiger charge is 2.30. The van der Waals surface area contributed by atoms with Crippen LogP contribution in [0.25, 0.3) is 0 Å². The van der Waals surface area contributed by atoms with Crippen molar-refractivity contribution in [3.63, 3.8) is 0 Å². The number of nitrogens with zero attached hydrogens (tertiary/aromatic N) is 2. The van der Waals surface area contributed by atoms with Gasteiger partial charge in [-0.3, -0.25) is 9.69 Å². The predicted octanol–water partition coefficient (Wildman–Crippen LogP) is 2.59. The van der Waals surface area contributed by atoms with Gasteiger partial charge in [-0.05, 0) is 45.4 Å². The third-order valence-electron chi connectivity index (χ3n) is 4.05. The molecule has 0 aliphatic carbocycles. The van der Waals surface area contributed by atoms with Gasteiger partial charge in [-0.1, -0.05) is 5.16 Å². The number of nitrogens with one attached hydrogen (secondary N) is 1. The summed E-state index contributed by atoms with van der Waals surface area (Å²) in [6.45, 7) is 5.06. The Balaban J connectivity index is 1.58. The molecule has 3 heterocycles. The number of amides is 1. The second-order valence-electron chi connectivity index (χ2n) is 5.80. The lowest BCUT2D eigenvalue weighted by atomic mass is 10.1. The highest BCUT2D eigenvalue weighted by molar-refractivity contribution is 5.78. The Labute approximate surface area is 129 Å². The van der Waals surface area contributed by atoms with Crippen LogP contribution in [0.2, 0.25) is 0 Å². The van der Waals surface area contributed by atoms with Gasteiger partial charge in [0.1, 0.15) is 17.2 Å². The van der Waals surface area contributed by atoms with Crippen molar-refractivity contribution in [3.05, 3.63) is 41.7 Å². The third-order valence-corrected chi connectivity index (χ3v) is 4.05. The van der Waals surface area contributed by atoms with Crippen molar-refractivity contribution >= 4 is 5.91 Å². The van der Waals surface area contributed by atoms with E-state index < -0.39 is 0 Å². The second-order valence-corrected chi connectivity index (χ2v) is 5.80. The smallest absolute Gasteiger partial charge is 0.234 e. The van der Waals surface area contributed by atoms with Crippen LogP contribution < -0.4 is 5.32 Å². The topological polar surface area (TPSA) is 71.5 Å². The van der Waals surface area contributed by atoms with Gasteiger partial charge < -0.3 is 14.3 Å². The van der Waals surface area contributed by atoms with Gasteiger partial charge >= 0.3 is 0 Å². The van der Waals surface area contributed by atoms with Crippen LogP contribution in [0.15, 0.2) is 33.4 Å². The quantitative estimate of drug-likeness (QED) is 0.919. The molecule has 2 aromatic heterocycles. The zero-order valence-corrected chi connectivity index (χ0v) is 12.9. The van der Waals surface area contributed by atoms with E-state index in [0.29, 0.717) is 6.54 Å². The molecule has 6 heteroatoms. The minimum atomic E-state index is -0.127. The van der Waals surface area contributed by atoms with Crippen LogP contribution in [0.3, 0.4) is 0 Å². The number of furan rings is 1. The maximum Gasteiger partial charge on any atom is 0.234 e. The second kappa shape index (κ2) is 6.36. The molecule has 6 nitrogen and oxygen atoms in total. The van der Waals surface area contributed by atoms with Gasteiger partial charge in [0, 0.05) is 6.07 Å². The highest BCUT2D eigenvalue weighted by Crippen LogP contribution is 2.31. The Bertz CT molecular complexity index is 620. The largest absolute Gasteiger partial charge is 0.467 e. The monoisotopic (exact) mass is 303 g/mol. The molecule has 0 bridgehead atoms. The maximum atomic E-state index is 12.2. The maximum absolute atomic E-state index is 12.2. The van der Waals surface area contributed by atoms with E-state index in [0.717, 1.165) is 36.6 Å². The van der Waals surface area contributed by atoms with Crippen LogP contribution in [0.5, 0.6) is 0 Å². The summed E-state index contributed by atoms with van der Waals surface area (Å²) in [5, 5.41) is 7.06. The number of carbonyl (C=O) groups is 1. The molecule has 0 radical (unpaired) electrons. The molecule has 0 aromatic carbocycles. The fourth-order valence-electron chi connectivity index (χ4n) is 2.97. The number of likely N-dealkylation sites (tertiary alicyclic amines) is 1. The van der Waals surface area contributed by atoms with Crippen molar-refractivity contribution in [1.82, 2.24) is 15.4 Å². The van der Waals surface area contributed by atoms with Crippen LogP contribution in [0.1, 0.15) is 49.1 Å². The first kappa shape index (κ1) is 14.8. The lowest BCUT2D eigenvalue weighted by Crippen LogP contribution is -2.38. The molecule has 3 rings (SSSR count). The Morgan fingerprint density at radius 1 is 1.59 bits per heavy atom. The molecule has 1 fully saturated rings. The van der Waals surface area contributed by atoms with Crippen LogP contribution >= 0.6 is 0 Å². The first-order valence-corrected chi connectivity index (χ1v) is 7.63. The van der Waals surface area contributed by atoms with E-state index in [4.69, 9.17) is 8.94 Å². The molecule has 1 N–H and O–H groups in total. The van der Waals surface area contributed by atoms with Crippen LogP contribution in [0, 0.1) is 6.92 Å². The average molecular weight is 303 g/mol. The van der Waals surface area contributed by atoms with E-state index >= 15 is 0 Å². The van der Waals surface area contributed by atoms with Crippen LogP contribution in [0.4, 0.5) is 0 Å². The van der Waals surface area contributed by atoms with E-state index in [9.17, 15) is 4.79 Å². The summed E-state index contributed by atoms with van der Waals surface area (Å²) in [6, 6.07) is 5.68. The number of hydrogen-bond acceptors (Lipinski definition) is 5. The molecule has 0 spiro atoms. The fraction of sp³-hybridized carbons (Fsp3) is 0.500. The van der Waals surface area contributed by atoms with Crippen molar-refractivity contribution in [3.8, 4) is 0 Å². The normalized spacial score (nSPS) is 20.2. The van der Waals surface area contributed by atoms with E-state index in [1.165, 1.54) is 0 Å². The molecule has 1 amide bonds. The molecule has 1 aliphatic rings. The lowest BCUT2D eigenvalue weighted by Gasteiger charge is -2.22. The Kier molecular flexibility index (Phi) is 4.29. The number of aryl methyl sites for hydroxylation is 1. The molecule has 1 aliphatic heterocycles. The van der Waals surface area contributed by atoms with Gasteiger partial charge in [-0.15, -0.1) is 0 Å². The van der Waals surface area contributed by atoms with Gasteiger partial charge in [0.25, 0.3) is 0 Å². The molecular weight excluding hydrogens is 282 g/mol. The zero-order valence-electron chi connectivity index (χ0n) is 12.9. The van der Waals surface area contributed by atoms with E-state index in [1.54, 1.807) is 6.26 Å². The minimum Gasteiger partial charge on any atom is -0.467 e. The number of carbonyl (C=O) groups excluding carboxylic acids is 1. The molecule has 22 heavy (non-hydrogen) atoms. The lowest BCUT2D eigenvalue weighted by molar-refractivity contribution is -0.123. The SMILES string of the molecule is Cc1cc([C@@H]2CCCN2CC(=O)N[C@@H](C)c2ccco2)no1. The van der Waals surface area contributed by atoms with Crippen molar-refractivity contribution in [2.45, 2.75) is 38.8 Å². The van der Waals surface area contributed by atoms with Crippen molar-refractivity contribution in [2.75, 3.05) is 13.1 Å². The molecule has 118 valence electrons. The van der Waals surface area contributed by atoms with Crippen LogP contribution in [-0.2, 0) is 4.79 Å². The van der Waals surface area contributed by atoms with Gasteiger partial charge in [0.05, 0.1) is 24.9 Å². The molecule has 2 aromatic rings. The van der Waals surface area contributed by atoms with Crippen molar-refractivity contribution in [2.24, 2.45) is 0 Å². The minimum absolute atomic E-state index is 0.00369. The fourth-order valence-corrected chi connectivity index (χ4v) is 2.97. The Morgan fingerprint density at radius 2 is 2.45 bits per heavy atom. The molecule has 0 unspecified atom stereocenters. The summed E-state index contributed by atoms with van der Waals surface area (Å²) < 4.78 is 10.5. The first-order valence-electron chi connectivity index (χ1n) is 7.63. The summed E-state index contributed by atoms with van der Waals surface area (Å²) in [5.41, 5.74) is 0.918. The summed E-state index contributed by atoms with van der Waals surface area (Å²) in [4.78, 5) is 14.4. The number of rotatable bonds is 5. The van der Waals surface area contributed by atoms with Crippen LogP contribution in [-0.4, -0.2) is 29.1 Å². The van der Waals surface area contributed by atoms with Crippen molar-refractivity contribution < 1.29 is 13.7 Å². The van der Waals surface area contributed by atoms with E-state index in [-0.39, 0.29) is 18.0 Å². The highest BCUT2D eigenvalue weighted by atomic mass is 16.5. The van der Waals surface area contributed by atoms with E-state index in [1.807, 2.05) is 32.0 Å². The van der Waals surface area contributed by atoms with Gasteiger partial charge in [-0.2, -0.15) is 0 Å². The first-order chi connectivity index (χ1) is 10.6. The standard InChI is InChI=1S/C16H21N3O3/c1-11-9-13(18-22-11)14-5-3-7-19(14)10-16(20)17-12(2)15-6-4-8-21-15/h4,6,8-9,12,14H,3,5,7,10H2,1-2H3,(H,17,20)/t12-,14-/m0/s1. The Morgan fingerprint density at radius 3 is 3.14 bits per heavy atom. The summed E-state index contributed by atoms with van der Waals surface area (Å²) in [7, 11) is 0. The van der Waals surface area contributed by atoms with Crippen molar-refractivity contribution in [1.29, 1.82) is 0 Å². The number of hydrogen-bond donors (Lipinski definition) is 1. The summed E-state index contributed by atoms with van der Waals surface area (Å²) >= 11 is 0. The van der Waals surface area contributed by atoms with Gasteiger partial charge in [-0.25, -0.2) is 0 Å². The Hall–Kier alpha value is -2.08. The number of aromatic nitrogens is 1. The van der Waals surface area contributed by atoms with E-state index in [2.05, 4.69) is 15.4 Å². The zero-order chi connectivity index (χ0) is 15.5. The third kappa shape index (κ3) is 3.22. The van der Waals surface area contributed by atoms with Gasteiger partial charge in [0.2, 0.25) is 5.91 Å². The molecular formula is C16H21N3O3. The molecule has 1 saturated heterocycles. The molecule has 2 atom stereocenters. The van der Waals surface area contributed by atoms with Gasteiger partial charge in [0.15, 0.2) is 0 Å². The predicted molar refractivity (Wildman–Crippen MR) is 80.1 cm³/mol. The summed E-state index contributed by atoms with van der Waals surface area (Å²) in [5.74, 6) is 1.56. The summed E-state index contributed by atoms with van der Waals surface area (Å²) in [6.07, 6.45) is 3.69. The average Bonchev–Trinajstić information content (AvgIpc) is 3.18. The molecule has 0 saturated carbocycles.